The van der Waals surface area contributed by atoms with E-state index >= 15 is 0 Å². The SMILES string of the molecule is CC1CC2(C1)CC(C(=O)N1CCC3(S(=O)(=O)c4ccc(Cl)cc4)c4ccc(C(F)(C(F)(F)F)C(F)(F)F)cc4CCC13)C2. The van der Waals surface area contributed by atoms with Crippen molar-refractivity contribution in [3.8, 4) is 0 Å². The van der Waals surface area contributed by atoms with E-state index in [0.717, 1.165) is 18.9 Å². The molecule has 0 bridgehead atoms. The number of likely N-dealkylation sites (tertiary alicyclic amines) is 1. The number of aryl methyl sites for hydroxylation is 1. The summed E-state index contributed by atoms with van der Waals surface area (Å²) < 4.78 is 123. The van der Waals surface area contributed by atoms with Crippen LogP contribution in [-0.4, -0.2) is 44.2 Å². The molecular formula is C30H29ClF7NO3S. The highest BCUT2D eigenvalue weighted by Crippen LogP contribution is 2.62. The Morgan fingerprint density at radius 2 is 1.53 bits per heavy atom. The van der Waals surface area contributed by atoms with Gasteiger partial charge in [0.2, 0.25) is 5.91 Å². The van der Waals surface area contributed by atoms with Crippen molar-refractivity contribution in [1.82, 2.24) is 4.90 Å². The molecule has 2 aromatic rings. The lowest BCUT2D eigenvalue weighted by Gasteiger charge is -2.57. The number of rotatable bonds is 4. The number of hydrogen-bond acceptors (Lipinski definition) is 3. The van der Waals surface area contributed by atoms with Gasteiger partial charge >= 0.3 is 18.0 Å². The third kappa shape index (κ3) is 4.28. The number of carbonyl (C=O) groups excluding carboxylic acids is 1. The van der Waals surface area contributed by atoms with E-state index in [4.69, 9.17) is 11.6 Å². The van der Waals surface area contributed by atoms with Gasteiger partial charge in [0.1, 0.15) is 4.75 Å². The van der Waals surface area contributed by atoms with Crippen molar-refractivity contribution in [2.24, 2.45) is 17.3 Å². The van der Waals surface area contributed by atoms with Crippen LogP contribution in [0, 0.1) is 17.3 Å². The fraction of sp³-hybridized carbons (Fsp3) is 0.567. The molecule has 1 spiro atoms. The van der Waals surface area contributed by atoms with Crippen molar-refractivity contribution in [1.29, 1.82) is 0 Å². The summed E-state index contributed by atoms with van der Waals surface area (Å²) in [5, 5.41) is 0.257. The molecule has 4 aliphatic rings. The summed E-state index contributed by atoms with van der Waals surface area (Å²) in [5.74, 6) is 0.147. The summed E-state index contributed by atoms with van der Waals surface area (Å²) in [5.41, 5.74) is -7.30. The first-order valence-corrected chi connectivity index (χ1v) is 16.0. The van der Waals surface area contributed by atoms with Crippen molar-refractivity contribution in [2.45, 2.75) is 85.6 Å². The summed E-state index contributed by atoms with van der Waals surface area (Å²) in [6.45, 7) is 2.20. The molecule has 0 radical (unpaired) electrons. The smallest absolute Gasteiger partial charge is 0.337 e. The Balaban J connectivity index is 1.44. The minimum Gasteiger partial charge on any atom is -0.337 e. The van der Waals surface area contributed by atoms with Crippen LogP contribution in [0.15, 0.2) is 47.4 Å². The normalized spacial score (nSPS) is 30.8. The van der Waals surface area contributed by atoms with Crippen molar-refractivity contribution in [3.63, 3.8) is 0 Å². The monoisotopic (exact) mass is 651 g/mol. The van der Waals surface area contributed by atoms with E-state index in [1.54, 1.807) is 4.90 Å². The molecule has 43 heavy (non-hydrogen) atoms. The van der Waals surface area contributed by atoms with E-state index < -0.39 is 44.2 Å². The number of alkyl halides is 7. The molecule has 234 valence electrons. The highest BCUT2D eigenvalue weighted by atomic mass is 35.5. The summed E-state index contributed by atoms with van der Waals surface area (Å²) in [4.78, 5) is 15.2. The predicted octanol–water partition coefficient (Wildman–Crippen LogP) is 7.67. The zero-order valence-electron chi connectivity index (χ0n) is 23.0. The Hall–Kier alpha value is -2.34. The fourth-order valence-electron chi connectivity index (χ4n) is 8.46. The van der Waals surface area contributed by atoms with Gasteiger partial charge in [-0.3, -0.25) is 4.79 Å². The standard InChI is InChI=1S/C30H29ClF7NO3S/c1-17-13-26(14-17)15-19(16-26)25(40)39-11-10-27(43(41,42)22-6-4-21(31)5-7-22)23-8-3-20(12-18(23)2-9-24(27)39)28(32,29(33,34)35)30(36,37)38/h3-8,12,17,19,24H,2,9-11,13-16H2,1H3. The number of sulfone groups is 1. The van der Waals surface area contributed by atoms with E-state index in [0.29, 0.717) is 30.9 Å². The van der Waals surface area contributed by atoms with Crippen molar-refractivity contribution in [2.75, 3.05) is 6.54 Å². The van der Waals surface area contributed by atoms with Gasteiger partial charge in [-0.25, -0.2) is 12.8 Å². The lowest BCUT2D eigenvalue weighted by Crippen LogP contribution is -2.56. The van der Waals surface area contributed by atoms with Gasteiger partial charge in [0.25, 0.3) is 0 Å². The number of carbonyl (C=O) groups is 1. The maximum atomic E-state index is 15.0. The number of nitrogens with zero attached hydrogens (tertiary/aromatic N) is 1. The molecule has 3 fully saturated rings. The van der Waals surface area contributed by atoms with Gasteiger partial charge in [0.05, 0.1) is 10.9 Å². The van der Waals surface area contributed by atoms with Crippen LogP contribution in [0.3, 0.4) is 0 Å². The van der Waals surface area contributed by atoms with Crippen LogP contribution in [0.4, 0.5) is 30.7 Å². The molecule has 1 heterocycles. The van der Waals surface area contributed by atoms with Crippen LogP contribution in [-0.2, 0) is 31.5 Å². The zero-order chi connectivity index (χ0) is 31.4. The van der Waals surface area contributed by atoms with Crippen molar-refractivity contribution < 1.29 is 43.9 Å². The Kier molecular flexibility index (Phi) is 6.83. The van der Waals surface area contributed by atoms with E-state index in [2.05, 4.69) is 6.92 Å². The largest absolute Gasteiger partial charge is 0.435 e. The second-order valence-electron chi connectivity index (χ2n) is 12.8. The minimum absolute atomic E-state index is 0.0117. The van der Waals surface area contributed by atoms with Gasteiger partial charge in [0.15, 0.2) is 9.84 Å². The summed E-state index contributed by atoms with van der Waals surface area (Å²) >= 11 is 5.98. The first kappa shape index (κ1) is 30.7. The molecule has 1 aliphatic heterocycles. The molecule has 6 rings (SSSR count). The lowest BCUT2D eigenvalue weighted by atomic mass is 9.48. The van der Waals surface area contributed by atoms with Gasteiger partial charge < -0.3 is 4.90 Å². The summed E-state index contributed by atoms with van der Waals surface area (Å²) in [6, 6.07) is 6.12. The molecule has 2 atom stereocenters. The zero-order valence-corrected chi connectivity index (χ0v) is 24.6. The molecule has 2 unspecified atom stereocenters. The molecule has 0 N–H and O–H groups in total. The van der Waals surface area contributed by atoms with Crippen LogP contribution in [0.5, 0.6) is 0 Å². The van der Waals surface area contributed by atoms with Gasteiger partial charge in [-0.1, -0.05) is 36.7 Å². The molecule has 2 saturated carbocycles. The van der Waals surface area contributed by atoms with Gasteiger partial charge in [-0.2, -0.15) is 26.3 Å². The highest BCUT2D eigenvalue weighted by molar-refractivity contribution is 7.92. The van der Waals surface area contributed by atoms with Crippen LogP contribution in [0.2, 0.25) is 5.02 Å². The van der Waals surface area contributed by atoms with Gasteiger partial charge in [0, 0.05) is 23.0 Å². The number of fused-ring (bicyclic) bond motifs is 3. The van der Waals surface area contributed by atoms with Crippen LogP contribution in [0.1, 0.15) is 62.1 Å². The van der Waals surface area contributed by atoms with E-state index in [9.17, 15) is 43.9 Å². The van der Waals surface area contributed by atoms with Gasteiger partial charge in [-0.15, -0.1) is 0 Å². The molecule has 4 nitrogen and oxygen atoms in total. The number of benzene rings is 2. The Morgan fingerprint density at radius 1 is 0.930 bits per heavy atom. The van der Waals surface area contributed by atoms with Crippen LogP contribution < -0.4 is 0 Å². The third-order valence-corrected chi connectivity index (χ3v) is 13.0. The van der Waals surface area contributed by atoms with E-state index in [-0.39, 0.29) is 64.1 Å². The maximum absolute atomic E-state index is 15.0. The third-order valence-electron chi connectivity index (χ3n) is 10.2. The summed E-state index contributed by atoms with van der Waals surface area (Å²) in [6.07, 6.45) is -9.39. The molecular weight excluding hydrogens is 623 g/mol. The molecule has 1 saturated heterocycles. The Morgan fingerprint density at radius 3 is 2.09 bits per heavy atom. The molecule has 0 aromatic heterocycles. The van der Waals surface area contributed by atoms with E-state index in [1.807, 2.05) is 0 Å². The van der Waals surface area contributed by atoms with E-state index in [1.165, 1.54) is 24.3 Å². The number of hydrogen-bond donors (Lipinski definition) is 0. The Labute approximate surface area is 249 Å². The average Bonchev–Trinajstić information content (AvgIpc) is 3.29. The van der Waals surface area contributed by atoms with Crippen molar-refractivity contribution in [3.05, 3.63) is 64.2 Å². The first-order chi connectivity index (χ1) is 19.9. The molecule has 3 aliphatic carbocycles. The predicted molar refractivity (Wildman–Crippen MR) is 144 cm³/mol. The number of halogens is 8. The maximum Gasteiger partial charge on any atom is 0.435 e. The lowest BCUT2D eigenvalue weighted by molar-refractivity contribution is -0.348. The average molecular weight is 652 g/mol. The van der Waals surface area contributed by atoms with Crippen molar-refractivity contribution >= 4 is 27.3 Å². The molecule has 2 aromatic carbocycles. The second kappa shape index (κ2) is 9.58. The van der Waals surface area contributed by atoms with Crippen LogP contribution >= 0.6 is 11.6 Å². The molecule has 13 heteroatoms. The number of amides is 1. The fourth-order valence-corrected chi connectivity index (χ4v) is 11.0. The first-order valence-electron chi connectivity index (χ1n) is 14.1. The minimum atomic E-state index is -6.31. The Bertz CT molecular complexity index is 1550. The quantitative estimate of drug-likeness (QED) is 0.319. The van der Waals surface area contributed by atoms with Gasteiger partial charge in [-0.05, 0) is 91.7 Å². The highest BCUT2D eigenvalue weighted by Gasteiger charge is 2.74. The second-order valence-corrected chi connectivity index (χ2v) is 15.5. The molecule has 1 amide bonds. The topological polar surface area (TPSA) is 54.5 Å². The summed E-state index contributed by atoms with van der Waals surface area (Å²) in [7, 11) is -4.39. The van der Waals surface area contributed by atoms with Crippen LogP contribution in [0.25, 0.3) is 0 Å².